The topological polar surface area (TPSA) is 50.5 Å². The number of rotatable bonds is 1. The maximum absolute atomic E-state index is 5.60. The van der Waals surface area contributed by atoms with E-state index in [-0.39, 0.29) is 0 Å². The van der Waals surface area contributed by atoms with Gasteiger partial charge in [-0.3, -0.25) is 0 Å². The van der Waals surface area contributed by atoms with Crippen molar-refractivity contribution < 1.29 is 4.84 Å². The smallest absolute Gasteiger partial charge is 0.207 e. The number of hydrogen-bond donors (Lipinski definition) is 2. The fraction of sp³-hybridized carbons (Fsp3) is 0.778. The average Bonchev–Trinajstić information content (AvgIpc) is 2.47. The first kappa shape index (κ1) is 8.84. The molecule has 4 heteroatoms. The Balaban J connectivity index is 1.98. The zero-order chi connectivity index (χ0) is 9.26. The van der Waals surface area contributed by atoms with Gasteiger partial charge in [0.25, 0.3) is 0 Å². The Labute approximate surface area is 78.7 Å². The van der Waals surface area contributed by atoms with Gasteiger partial charge in [-0.05, 0) is 37.9 Å². The molecular formula is C9H17N3O. The summed E-state index contributed by atoms with van der Waals surface area (Å²) in [6.45, 7) is 2.23. The van der Waals surface area contributed by atoms with E-state index in [0.717, 1.165) is 13.1 Å². The molecule has 0 aromatic rings. The summed E-state index contributed by atoms with van der Waals surface area (Å²) in [6.07, 6.45) is 4.44. The number of hydroxylamine groups is 2. The standard InChI is InChI=1S/C9H17N3O/c1-12-8(6-9(10)13-12)7-2-4-11-5-3-7/h6-8,11H,2-5,10H2,1H3. The monoisotopic (exact) mass is 183 g/mol. The lowest BCUT2D eigenvalue weighted by molar-refractivity contribution is -0.109. The molecule has 1 unspecified atom stereocenters. The highest BCUT2D eigenvalue weighted by Crippen LogP contribution is 2.26. The largest absolute Gasteiger partial charge is 0.388 e. The van der Waals surface area contributed by atoms with Crippen LogP contribution in [0.1, 0.15) is 12.8 Å². The van der Waals surface area contributed by atoms with Crippen LogP contribution in [0.5, 0.6) is 0 Å². The Morgan fingerprint density at radius 1 is 1.54 bits per heavy atom. The molecule has 1 saturated heterocycles. The molecule has 0 saturated carbocycles. The van der Waals surface area contributed by atoms with Gasteiger partial charge in [-0.15, -0.1) is 5.06 Å². The molecule has 74 valence electrons. The third-order valence-electron chi connectivity index (χ3n) is 2.87. The van der Waals surface area contributed by atoms with Crippen molar-refractivity contribution in [3.63, 3.8) is 0 Å². The van der Waals surface area contributed by atoms with E-state index in [4.69, 9.17) is 10.6 Å². The van der Waals surface area contributed by atoms with Crippen LogP contribution in [0.2, 0.25) is 0 Å². The fourth-order valence-corrected chi connectivity index (χ4v) is 2.15. The molecule has 1 fully saturated rings. The first-order chi connectivity index (χ1) is 6.27. The third kappa shape index (κ3) is 1.78. The van der Waals surface area contributed by atoms with Crippen molar-refractivity contribution in [2.24, 2.45) is 11.7 Å². The molecule has 2 aliphatic heterocycles. The van der Waals surface area contributed by atoms with Crippen LogP contribution in [0.4, 0.5) is 0 Å². The van der Waals surface area contributed by atoms with Crippen LogP contribution in [0.15, 0.2) is 12.0 Å². The van der Waals surface area contributed by atoms with E-state index < -0.39 is 0 Å². The summed E-state index contributed by atoms with van der Waals surface area (Å²) in [5, 5.41) is 5.22. The molecule has 4 nitrogen and oxygen atoms in total. The first-order valence-corrected chi connectivity index (χ1v) is 4.86. The van der Waals surface area contributed by atoms with Gasteiger partial charge in [0, 0.05) is 7.05 Å². The minimum absolute atomic E-state index is 0.377. The molecule has 0 spiro atoms. The summed E-state index contributed by atoms with van der Waals surface area (Å²) < 4.78 is 0. The molecular weight excluding hydrogens is 166 g/mol. The van der Waals surface area contributed by atoms with Gasteiger partial charge in [0.1, 0.15) is 0 Å². The van der Waals surface area contributed by atoms with Crippen LogP contribution < -0.4 is 11.1 Å². The zero-order valence-electron chi connectivity index (χ0n) is 7.99. The highest BCUT2D eigenvalue weighted by molar-refractivity contribution is 5.04. The molecule has 0 radical (unpaired) electrons. The normalized spacial score (nSPS) is 31.5. The predicted molar refractivity (Wildman–Crippen MR) is 50.5 cm³/mol. The zero-order valence-corrected chi connectivity index (χ0v) is 7.99. The van der Waals surface area contributed by atoms with Crippen LogP contribution in [0, 0.1) is 5.92 Å². The summed E-state index contributed by atoms with van der Waals surface area (Å²) in [4.78, 5) is 5.28. The molecule has 2 aliphatic rings. The summed E-state index contributed by atoms with van der Waals surface area (Å²) in [6, 6.07) is 0.377. The van der Waals surface area contributed by atoms with Gasteiger partial charge in [-0.2, -0.15) is 0 Å². The Hall–Kier alpha value is -0.740. The Morgan fingerprint density at radius 2 is 2.23 bits per heavy atom. The average molecular weight is 183 g/mol. The molecule has 0 aromatic carbocycles. The number of nitrogens with one attached hydrogen (secondary N) is 1. The molecule has 0 aliphatic carbocycles. The van der Waals surface area contributed by atoms with Gasteiger partial charge in [-0.25, -0.2) is 0 Å². The summed E-state index contributed by atoms with van der Waals surface area (Å²) in [5.41, 5.74) is 5.60. The molecule has 1 atom stereocenters. The van der Waals surface area contributed by atoms with E-state index in [0.29, 0.717) is 17.8 Å². The lowest BCUT2D eigenvalue weighted by Crippen LogP contribution is -2.39. The lowest BCUT2D eigenvalue weighted by Gasteiger charge is -2.29. The van der Waals surface area contributed by atoms with Crippen LogP contribution >= 0.6 is 0 Å². The van der Waals surface area contributed by atoms with Crippen molar-refractivity contribution in [1.82, 2.24) is 10.4 Å². The SMILES string of the molecule is CN1OC(N)=CC1C1CCNCC1. The highest BCUT2D eigenvalue weighted by atomic mass is 16.7. The lowest BCUT2D eigenvalue weighted by atomic mass is 9.90. The number of likely N-dealkylation sites (N-methyl/N-ethyl adjacent to an activating group) is 1. The van der Waals surface area contributed by atoms with Crippen molar-refractivity contribution in [1.29, 1.82) is 0 Å². The first-order valence-electron chi connectivity index (χ1n) is 4.86. The number of piperidine rings is 1. The van der Waals surface area contributed by atoms with Gasteiger partial charge in [0.2, 0.25) is 5.88 Å². The predicted octanol–water partition coefficient (Wildman–Crippen LogP) is 0.0317. The molecule has 0 aromatic heterocycles. The van der Waals surface area contributed by atoms with Gasteiger partial charge in [-0.1, -0.05) is 0 Å². The van der Waals surface area contributed by atoms with E-state index in [9.17, 15) is 0 Å². The van der Waals surface area contributed by atoms with E-state index >= 15 is 0 Å². The number of hydrogen-bond acceptors (Lipinski definition) is 4. The van der Waals surface area contributed by atoms with Crippen molar-refractivity contribution in [3.05, 3.63) is 12.0 Å². The number of nitrogens with two attached hydrogens (primary N) is 1. The Morgan fingerprint density at radius 3 is 2.77 bits per heavy atom. The Kier molecular flexibility index (Phi) is 2.42. The molecule has 0 amide bonds. The van der Waals surface area contributed by atoms with Crippen molar-refractivity contribution >= 4 is 0 Å². The second-order valence-electron chi connectivity index (χ2n) is 3.78. The van der Waals surface area contributed by atoms with Crippen LogP contribution in [0.25, 0.3) is 0 Å². The highest BCUT2D eigenvalue weighted by Gasteiger charge is 2.30. The van der Waals surface area contributed by atoms with Crippen molar-refractivity contribution in [2.75, 3.05) is 20.1 Å². The van der Waals surface area contributed by atoms with Gasteiger partial charge in [0.05, 0.1) is 6.04 Å². The van der Waals surface area contributed by atoms with E-state index in [1.165, 1.54) is 12.8 Å². The van der Waals surface area contributed by atoms with Crippen LogP contribution in [-0.4, -0.2) is 31.2 Å². The molecule has 2 rings (SSSR count). The van der Waals surface area contributed by atoms with Crippen molar-refractivity contribution in [3.8, 4) is 0 Å². The summed E-state index contributed by atoms with van der Waals surface area (Å²) in [7, 11) is 1.95. The quantitative estimate of drug-likeness (QED) is 0.602. The van der Waals surface area contributed by atoms with Crippen LogP contribution in [0.3, 0.4) is 0 Å². The maximum Gasteiger partial charge on any atom is 0.207 e. The van der Waals surface area contributed by atoms with E-state index in [1.54, 1.807) is 0 Å². The second-order valence-corrected chi connectivity index (χ2v) is 3.78. The molecule has 0 bridgehead atoms. The summed E-state index contributed by atoms with van der Waals surface area (Å²) >= 11 is 0. The summed E-state index contributed by atoms with van der Waals surface area (Å²) in [5.74, 6) is 1.23. The number of nitrogens with zero attached hydrogens (tertiary/aromatic N) is 1. The third-order valence-corrected chi connectivity index (χ3v) is 2.87. The van der Waals surface area contributed by atoms with E-state index in [2.05, 4.69) is 5.32 Å². The fourth-order valence-electron chi connectivity index (χ4n) is 2.15. The molecule has 13 heavy (non-hydrogen) atoms. The minimum Gasteiger partial charge on any atom is -0.388 e. The maximum atomic E-state index is 5.60. The molecule has 2 heterocycles. The second kappa shape index (κ2) is 3.55. The van der Waals surface area contributed by atoms with Gasteiger partial charge in [0.15, 0.2) is 0 Å². The van der Waals surface area contributed by atoms with Crippen LogP contribution in [-0.2, 0) is 4.84 Å². The Bertz CT molecular complexity index is 211. The van der Waals surface area contributed by atoms with E-state index in [1.807, 2.05) is 18.2 Å². The minimum atomic E-state index is 0.377. The van der Waals surface area contributed by atoms with Gasteiger partial charge < -0.3 is 15.9 Å². The van der Waals surface area contributed by atoms with Gasteiger partial charge >= 0.3 is 0 Å². The van der Waals surface area contributed by atoms with Crippen molar-refractivity contribution in [2.45, 2.75) is 18.9 Å². The molecule has 3 N–H and O–H groups in total.